The molecule has 0 unspecified atom stereocenters. The summed E-state index contributed by atoms with van der Waals surface area (Å²) in [5, 5.41) is 5.27. The third-order valence-electron chi connectivity index (χ3n) is 4.17. The Balaban J connectivity index is 1.65. The Bertz CT molecular complexity index is 948. The number of halogens is 1. The lowest BCUT2D eigenvalue weighted by Crippen LogP contribution is -2.30. The maximum absolute atomic E-state index is 13.6. The van der Waals surface area contributed by atoms with Crippen LogP contribution in [0.4, 0.5) is 15.8 Å². The largest absolute Gasteiger partial charge is 0.449 e. The topological polar surface area (TPSA) is 84.5 Å². The highest BCUT2D eigenvalue weighted by Gasteiger charge is 2.21. The van der Waals surface area contributed by atoms with Crippen molar-refractivity contribution < 1.29 is 23.5 Å². The van der Waals surface area contributed by atoms with E-state index in [1.807, 2.05) is 0 Å². The van der Waals surface area contributed by atoms with Crippen molar-refractivity contribution in [1.82, 2.24) is 0 Å². The highest BCUT2D eigenvalue weighted by molar-refractivity contribution is 7.99. The monoisotopic (exact) mass is 402 g/mol. The molecule has 0 spiro atoms. The van der Waals surface area contributed by atoms with E-state index in [0.29, 0.717) is 23.4 Å². The zero-order chi connectivity index (χ0) is 20.3. The summed E-state index contributed by atoms with van der Waals surface area (Å²) in [7, 11) is 0. The molecule has 1 atom stereocenters. The van der Waals surface area contributed by atoms with Crippen molar-refractivity contribution in [2.75, 3.05) is 16.4 Å². The molecular weight excluding hydrogens is 383 g/mol. The number of aryl methyl sites for hydroxylation is 1. The summed E-state index contributed by atoms with van der Waals surface area (Å²) >= 11 is 1.53. The van der Waals surface area contributed by atoms with Crippen molar-refractivity contribution in [1.29, 1.82) is 0 Å². The molecular formula is C20H19FN2O4S. The van der Waals surface area contributed by atoms with Crippen LogP contribution in [0.2, 0.25) is 0 Å². The number of carbonyl (C=O) groups is 3. The summed E-state index contributed by atoms with van der Waals surface area (Å²) in [5.41, 5.74) is 1.52. The van der Waals surface area contributed by atoms with Gasteiger partial charge >= 0.3 is 5.97 Å². The van der Waals surface area contributed by atoms with Crippen molar-refractivity contribution in [3.05, 3.63) is 53.3 Å². The summed E-state index contributed by atoms with van der Waals surface area (Å²) in [4.78, 5) is 37.2. The fourth-order valence-corrected chi connectivity index (χ4v) is 3.48. The predicted molar refractivity (Wildman–Crippen MR) is 105 cm³/mol. The van der Waals surface area contributed by atoms with Crippen LogP contribution in [0.3, 0.4) is 0 Å². The van der Waals surface area contributed by atoms with Crippen LogP contribution < -0.4 is 10.6 Å². The van der Waals surface area contributed by atoms with Gasteiger partial charge < -0.3 is 15.4 Å². The minimum absolute atomic E-state index is 0.116. The summed E-state index contributed by atoms with van der Waals surface area (Å²) < 4.78 is 18.8. The highest BCUT2D eigenvalue weighted by atomic mass is 32.2. The van der Waals surface area contributed by atoms with E-state index in [9.17, 15) is 18.8 Å². The number of carbonyl (C=O) groups excluding carboxylic acids is 3. The maximum atomic E-state index is 13.6. The quantitative estimate of drug-likeness (QED) is 0.761. The summed E-state index contributed by atoms with van der Waals surface area (Å²) in [6.45, 7) is 3.05. The van der Waals surface area contributed by atoms with E-state index in [4.69, 9.17) is 4.74 Å². The number of benzene rings is 2. The first-order valence-corrected chi connectivity index (χ1v) is 9.67. The molecule has 0 fully saturated rings. The Morgan fingerprint density at radius 3 is 2.79 bits per heavy atom. The summed E-state index contributed by atoms with van der Waals surface area (Å²) in [5.74, 6) is -1.15. The SMILES string of the molecule is Cc1ccc(NC(=O)[C@H](C)OC(=O)c2ccc3c(c2)NC(=O)CCS3)cc1F. The lowest BCUT2D eigenvalue weighted by molar-refractivity contribution is -0.123. The molecule has 2 N–H and O–H groups in total. The Morgan fingerprint density at radius 1 is 1.25 bits per heavy atom. The molecule has 6 nitrogen and oxygen atoms in total. The van der Waals surface area contributed by atoms with Crippen molar-refractivity contribution in [2.45, 2.75) is 31.3 Å². The van der Waals surface area contributed by atoms with E-state index >= 15 is 0 Å². The summed E-state index contributed by atoms with van der Waals surface area (Å²) in [6, 6.07) is 9.18. The Morgan fingerprint density at radius 2 is 2.04 bits per heavy atom. The van der Waals surface area contributed by atoms with E-state index in [1.165, 1.54) is 30.8 Å². The van der Waals surface area contributed by atoms with Crippen molar-refractivity contribution >= 4 is 40.9 Å². The van der Waals surface area contributed by atoms with E-state index in [2.05, 4.69) is 10.6 Å². The van der Waals surface area contributed by atoms with Gasteiger partial charge in [-0.05, 0) is 49.7 Å². The van der Waals surface area contributed by atoms with Crippen LogP contribution >= 0.6 is 11.8 Å². The van der Waals surface area contributed by atoms with E-state index in [0.717, 1.165) is 4.90 Å². The molecule has 2 aromatic carbocycles. The number of fused-ring (bicyclic) bond motifs is 1. The molecule has 1 heterocycles. The molecule has 1 aliphatic heterocycles. The number of hydrogen-bond acceptors (Lipinski definition) is 5. The van der Waals surface area contributed by atoms with E-state index < -0.39 is 23.8 Å². The molecule has 8 heteroatoms. The number of esters is 1. The van der Waals surface area contributed by atoms with Gasteiger partial charge in [0.15, 0.2) is 6.10 Å². The predicted octanol–water partition coefficient (Wildman–Crippen LogP) is 3.75. The van der Waals surface area contributed by atoms with Crippen LogP contribution in [0.5, 0.6) is 0 Å². The second-order valence-corrected chi connectivity index (χ2v) is 7.50. The van der Waals surface area contributed by atoms with Crippen LogP contribution in [-0.4, -0.2) is 29.6 Å². The standard InChI is InChI=1S/C20H19FN2O4S/c1-11-3-5-14(10-15(11)21)22-19(25)12(2)27-20(26)13-4-6-17-16(9-13)23-18(24)7-8-28-17/h3-6,9-10,12H,7-8H2,1-2H3,(H,22,25)(H,23,24)/t12-/m0/s1. The lowest BCUT2D eigenvalue weighted by Gasteiger charge is -2.15. The molecule has 0 saturated carbocycles. The first-order valence-electron chi connectivity index (χ1n) is 8.68. The minimum Gasteiger partial charge on any atom is -0.449 e. The van der Waals surface area contributed by atoms with E-state index in [1.54, 1.807) is 31.2 Å². The second kappa shape index (κ2) is 8.43. The molecule has 3 rings (SSSR count). The van der Waals surface area contributed by atoms with Crippen molar-refractivity contribution in [3.63, 3.8) is 0 Å². The van der Waals surface area contributed by atoms with Gasteiger partial charge in [0.25, 0.3) is 5.91 Å². The Kier molecular flexibility index (Phi) is 5.99. The van der Waals surface area contributed by atoms with Gasteiger partial charge in [-0.15, -0.1) is 11.8 Å². The van der Waals surface area contributed by atoms with Gasteiger partial charge in [0.05, 0.1) is 11.3 Å². The van der Waals surface area contributed by atoms with E-state index in [-0.39, 0.29) is 17.2 Å². The van der Waals surface area contributed by atoms with Gasteiger partial charge in [0.1, 0.15) is 5.82 Å². The third-order valence-corrected chi connectivity index (χ3v) is 5.24. The molecule has 0 aliphatic carbocycles. The number of ether oxygens (including phenoxy) is 1. The first-order chi connectivity index (χ1) is 13.3. The van der Waals surface area contributed by atoms with Crippen LogP contribution in [0, 0.1) is 12.7 Å². The number of hydrogen-bond donors (Lipinski definition) is 2. The van der Waals surface area contributed by atoms with Crippen molar-refractivity contribution in [3.8, 4) is 0 Å². The van der Waals surface area contributed by atoms with Gasteiger partial charge in [0, 0.05) is 22.8 Å². The number of rotatable bonds is 4. The van der Waals surface area contributed by atoms with Crippen LogP contribution in [-0.2, 0) is 14.3 Å². The van der Waals surface area contributed by atoms with Crippen molar-refractivity contribution in [2.24, 2.45) is 0 Å². The Labute approximate surface area is 165 Å². The number of thioether (sulfide) groups is 1. The minimum atomic E-state index is -1.08. The molecule has 28 heavy (non-hydrogen) atoms. The van der Waals surface area contributed by atoms with Crippen LogP contribution in [0.1, 0.15) is 29.3 Å². The van der Waals surface area contributed by atoms with Crippen LogP contribution in [0.15, 0.2) is 41.3 Å². The zero-order valence-electron chi connectivity index (χ0n) is 15.4. The molecule has 2 aromatic rings. The van der Waals surface area contributed by atoms with Gasteiger partial charge in [-0.2, -0.15) is 0 Å². The fraction of sp³-hybridized carbons (Fsp3) is 0.250. The molecule has 0 bridgehead atoms. The molecule has 0 aromatic heterocycles. The van der Waals surface area contributed by atoms with Gasteiger partial charge in [-0.25, -0.2) is 9.18 Å². The molecule has 0 radical (unpaired) electrons. The van der Waals surface area contributed by atoms with Gasteiger partial charge in [-0.1, -0.05) is 6.07 Å². The molecule has 146 valence electrons. The maximum Gasteiger partial charge on any atom is 0.338 e. The molecule has 0 saturated heterocycles. The zero-order valence-corrected chi connectivity index (χ0v) is 16.2. The number of nitrogens with one attached hydrogen (secondary N) is 2. The molecule has 1 aliphatic rings. The summed E-state index contributed by atoms with van der Waals surface area (Å²) in [6.07, 6.45) is -0.685. The lowest BCUT2D eigenvalue weighted by atomic mass is 10.2. The average Bonchev–Trinajstić information content (AvgIpc) is 2.84. The highest BCUT2D eigenvalue weighted by Crippen LogP contribution is 2.31. The number of anilines is 2. The smallest absolute Gasteiger partial charge is 0.338 e. The average molecular weight is 402 g/mol. The third kappa shape index (κ3) is 4.69. The second-order valence-electron chi connectivity index (χ2n) is 6.36. The normalized spacial score (nSPS) is 14.3. The van der Waals surface area contributed by atoms with Gasteiger partial charge in [0.2, 0.25) is 5.91 Å². The first kappa shape index (κ1) is 19.9. The fourth-order valence-electron chi connectivity index (χ4n) is 2.54. The van der Waals surface area contributed by atoms with Gasteiger partial charge in [-0.3, -0.25) is 9.59 Å². The Hall–Kier alpha value is -2.87. The van der Waals surface area contributed by atoms with Crippen LogP contribution in [0.25, 0.3) is 0 Å². The molecule has 2 amide bonds. The number of amides is 2.